The molecule has 5 nitrogen and oxygen atoms in total. The number of hydrogen-bond donors (Lipinski definition) is 1. The molecule has 2 aromatic carbocycles. The van der Waals surface area contributed by atoms with Gasteiger partial charge in [0.2, 0.25) is 0 Å². The van der Waals surface area contributed by atoms with Crippen molar-refractivity contribution in [2.75, 3.05) is 13.1 Å². The second-order valence-corrected chi connectivity index (χ2v) is 6.86. The van der Waals surface area contributed by atoms with Crippen LogP contribution >= 0.6 is 0 Å². The maximum absolute atomic E-state index is 4.81. The normalized spacial score (nSPS) is 16.7. The van der Waals surface area contributed by atoms with Gasteiger partial charge >= 0.3 is 0 Å². The van der Waals surface area contributed by atoms with Crippen LogP contribution in [0.3, 0.4) is 0 Å². The van der Waals surface area contributed by atoms with Gasteiger partial charge in [0.25, 0.3) is 0 Å². The highest BCUT2D eigenvalue weighted by Crippen LogP contribution is 2.35. The molecule has 1 N–H and O–H groups in total. The molecule has 0 aliphatic carbocycles. The zero-order valence-electron chi connectivity index (χ0n) is 15.0. The van der Waals surface area contributed by atoms with Crippen molar-refractivity contribution in [3.63, 3.8) is 0 Å². The lowest BCUT2D eigenvalue weighted by Gasteiger charge is -2.17. The third kappa shape index (κ3) is 2.96. The average Bonchev–Trinajstić information content (AvgIpc) is 3.50. The highest BCUT2D eigenvalue weighted by Gasteiger charge is 2.23. The van der Waals surface area contributed by atoms with Crippen LogP contribution in [0.1, 0.15) is 12.5 Å². The molecule has 27 heavy (non-hydrogen) atoms. The van der Waals surface area contributed by atoms with Gasteiger partial charge < -0.3 is 9.88 Å². The highest BCUT2D eigenvalue weighted by molar-refractivity contribution is 5.79. The molecule has 4 aromatic rings. The highest BCUT2D eigenvalue weighted by atomic mass is 15.3. The van der Waals surface area contributed by atoms with E-state index in [-0.39, 0.29) is 0 Å². The molecule has 0 saturated carbocycles. The summed E-state index contributed by atoms with van der Waals surface area (Å²) in [6.45, 7) is 2.03. The maximum Gasteiger partial charge on any atom is 0.0963 e. The molecular formula is C22H21N5. The van der Waals surface area contributed by atoms with E-state index in [2.05, 4.69) is 63.5 Å². The second kappa shape index (κ2) is 6.85. The predicted molar refractivity (Wildman–Crippen MR) is 107 cm³/mol. The monoisotopic (exact) mass is 355 g/mol. The van der Waals surface area contributed by atoms with Crippen LogP contribution in [0.4, 0.5) is 0 Å². The van der Waals surface area contributed by atoms with Crippen molar-refractivity contribution in [2.24, 2.45) is 0 Å². The first-order valence-corrected chi connectivity index (χ1v) is 9.33. The Balaban J connectivity index is 1.68. The molecule has 134 valence electrons. The van der Waals surface area contributed by atoms with Crippen LogP contribution in [-0.4, -0.2) is 32.4 Å². The third-order valence-corrected chi connectivity index (χ3v) is 5.16. The fraction of sp³-hybridized carbons (Fsp3) is 0.182. The van der Waals surface area contributed by atoms with Crippen molar-refractivity contribution in [1.29, 1.82) is 0 Å². The Morgan fingerprint density at radius 2 is 1.85 bits per heavy atom. The van der Waals surface area contributed by atoms with Gasteiger partial charge in [0.1, 0.15) is 0 Å². The first-order valence-electron chi connectivity index (χ1n) is 9.33. The Hall–Kier alpha value is -3.18. The van der Waals surface area contributed by atoms with E-state index in [1.54, 1.807) is 6.20 Å². The third-order valence-electron chi connectivity index (χ3n) is 5.16. The number of rotatable bonds is 4. The average molecular weight is 355 g/mol. The van der Waals surface area contributed by atoms with Crippen LogP contribution in [0.25, 0.3) is 28.2 Å². The fourth-order valence-corrected chi connectivity index (χ4v) is 3.83. The molecule has 1 aliphatic rings. The number of nitrogens with zero attached hydrogens (tertiary/aromatic N) is 4. The number of hydrogen-bond acceptors (Lipinski definition) is 3. The van der Waals surface area contributed by atoms with E-state index in [0.717, 1.165) is 42.0 Å². The van der Waals surface area contributed by atoms with Gasteiger partial charge in [-0.3, -0.25) is 0 Å². The molecule has 3 heterocycles. The summed E-state index contributed by atoms with van der Waals surface area (Å²) in [6.07, 6.45) is 6.89. The molecule has 2 aromatic heterocycles. The van der Waals surface area contributed by atoms with Crippen molar-refractivity contribution in [1.82, 2.24) is 24.6 Å². The summed E-state index contributed by atoms with van der Waals surface area (Å²) in [6, 6.07) is 21.3. The number of nitrogens with one attached hydrogen (secondary N) is 1. The van der Waals surface area contributed by atoms with E-state index in [4.69, 9.17) is 4.98 Å². The van der Waals surface area contributed by atoms with Crippen LogP contribution in [-0.2, 0) is 0 Å². The molecule has 0 bridgehead atoms. The van der Waals surface area contributed by atoms with Gasteiger partial charge in [-0.15, -0.1) is 0 Å². The lowest BCUT2D eigenvalue weighted by atomic mass is 10.0. The zero-order chi connectivity index (χ0) is 18.1. The first kappa shape index (κ1) is 16.0. The van der Waals surface area contributed by atoms with Gasteiger partial charge in [0.05, 0.1) is 23.4 Å². The molecule has 1 aliphatic heterocycles. The first-order chi connectivity index (χ1) is 13.4. The molecule has 1 fully saturated rings. The van der Waals surface area contributed by atoms with E-state index < -0.39 is 0 Å². The van der Waals surface area contributed by atoms with Gasteiger partial charge in [0, 0.05) is 36.1 Å². The van der Waals surface area contributed by atoms with E-state index in [1.807, 2.05) is 29.3 Å². The summed E-state index contributed by atoms with van der Waals surface area (Å²) in [4.78, 5) is 4.81. The molecule has 0 spiro atoms. The van der Waals surface area contributed by atoms with Gasteiger partial charge in [0.15, 0.2) is 0 Å². The summed E-state index contributed by atoms with van der Waals surface area (Å²) in [5.41, 5.74) is 5.55. The van der Waals surface area contributed by atoms with Gasteiger partial charge in [-0.2, -0.15) is 5.10 Å². The van der Waals surface area contributed by atoms with Gasteiger partial charge in [-0.05, 0) is 31.2 Å². The van der Waals surface area contributed by atoms with E-state index >= 15 is 0 Å². The van der Waals surface area contributed by atoms with Gasteiger partial charge in [-0.25, -0.2) is 9.67 Å². The van der Waals surface area contributed by atoms with Crippen molar-refractivity contribution in [3.8, 4) is 28.2 Å². The molecule has 1 atom stereocenters. The number of imidazole rings is 1. The fourth-order valence-electron chi connectivity index (χ4n) is 3.83. The zero-order valence-corrected chi connectivity index (χ0v) is 15.0. The summed E-state index contributed by atoms with van der Waals surface area (Å²) in [5, 5.41) is 7.84. The summed E-state index contributed by atoms with van der Waals surface area (Å²) < 4.78 is 4.23. The van der Waals surface area contributed by atoms with Crippen LogP contribution in [0.5, 0.6) is 0 Å². The lowest BCUT2D eigenvalue weighted by molar-refractivity contribution is 0.551. The predicted octanol–water partition coefficient (Wildman–Crippen LogP) is 3.94. The molecule has 0 radical (unpaired) electrons. The second-order valence-electron chi connectivity index (χ2n) is 6.86. The number of benzene rings is 2. The van der Waals surface area contributed by atoms with Crippen molar-refractivity contribution in [2.45, 2.75) is 12.5 Å². The van der Waals surface area contributed by atoms with Crippen molar-refractivity contribution < 1.29 is 0 Å². The Morgan fingerprint density at radius 1 is 0.963 bits per heavy atom. The quantitative estimate of drug-likeness (QED) is 0.603. The van der Waals surface area contributed by atoms with Crippen LogP contribution in [0.2, 0.25) is 0 Å². The Labute approximate surface area is 158 Å². The molecule has 5 rings (SSSR count). The molecule has 0 amide bonds. The largest absolute Gasteiger partial charge is 0.326 e. The molecule has 1 saturated heterocycles. The van der Waals surface area contributed by atoms with E-state index in [0.29, 0.717) is 6.04 Å². The minimum Gasteiger partial charge on any atom is -0.326 e. The SMILES string of the molecule is c1ccc(-c2ncn([C@@H]3CCNC3)c2-c2cccc(-n3cccn3)c2)cc1. The molecule has 0 unspecified atom stereocenters. The van der Waals surface area contributed by atoms with Crippen molar-refractivity contribution in [3.05, 3.63) is 79.4 Å². The topological polar surface area (TPSA) is 47.7 Å². The maximum atomic E-state index is 4.81. The minimum absolute atomic E-state index is 0.429. The van der Waals surface area contributed by atoms with E-state index in [1.165, 1.54) is 5.69 Å². The van der Waals surface area contributed by atoms with Crippen LogP contribution in [0.15, 0.2) is 79.4 Å². The van der Waals surface area contributed by atoms with Gasteiger partial charge in [-0.1, -0.05) is 42.5 Å². The standard InChI is InChI=1S/C22H21N5/c1-2-6-17(7-3-1)21-22(26(16-24-21)20-10-12-23-15-20)18-8-4-9-19(14-18)27-13-5-11-25-27/h1-9,11,13-14,16,20,23H,10,12,15H2/t20-/m1/s1. The Morgan fingerprint density at radius 3 is 2.63 bits per heavy atom. The lowest BCUT2D eigenvalue weighted by Crippen LogP contribution is -2.13. The molecule has 5 heteroatoms. The Bertz CT molecular complexity index is 1030. The smallest absolute Gasteiger partial charge is 0.0963 e. The minimum atomic E-state index is 0.429. The van der Waals surface area contributed by atoms with Crippen molar-refractivity contribution >= 4 is 0 Å². The summed E-state index contributed by atoms with van der Waals surface area (Å²) >= 11 is 0. The number of aromatic nitrogens is 4. The summed E-state index contributed by atoms with van der Waals surface area (Å²) in [5.74, 6) is 0. The van der Waals surface area contributed by atoms with Crippen LogP contribution < -0.4 is 5.32 Å². The van der Waals surface area contributed by atoms with Crippen LogP contribution in [0, 0.1) is 0 Å². The van der Waals surface area contributed by atoms with E-state index in [9.17, 15) is 0 Å². The molecular weight excluding hydrogens is 334 g/mol. The Kier molecular flexibility index (Phi) is 4.07. The summed E-state index contributed by atoms with van der Waals surface area (Å²) in [7, 11) is 0.